The van der Waals surface area contributed by atoms with E-state index in [4.69, 9.17) is 10.6 Å². The van der Waals surface area contributed by atoms with Crippen LogP contribution in [0.2, 0.25) is 0 Å². The van der Waals surface area contributed by atoms with Crippen LogP contribution in [0.15, 0.2) is 24.3 Å². The van der Waals surface area contributed by atoms with E-state index in [1.165, 1.54) is 6.07 Å². The summed E-state index contributed by atoms with van der Waals surface area (Å²) in [7, 11) is 1.56. The molecule has 0 radical (unpaired) electrons. The van der Waals surface area contributed by atoms with Crippen LogP contribution in [0.3, 0.4) is 0 Å². The molecule has 0 amide bonds. The summed E-state index contributed by atoms with van der Waals surface area (Å²) in [4.78, 5) is 0. The van der Waals surface area contributed by atoms with Crippen molar-refractivity contribution < 1.29 is 17.9 Å². The molecular formula is C13H19F3N2O. The fourth-order valence-corrected chi connectivity index (χ4v) is 1.78. The molecule has 0 heterocycles. The lowest BCUT2D eigenvalue weighted by molar-refractivity contribution is -0.137. The molecule has 1 aromatic carbocycles. The van der Waals surface area contributed by atoms with Crippen LogP contribution >= 0.6 is 0 Å². The lowest BCUT2D eigenvalue weighted by Gasteiger charge is -2.28. The second-order valence-electron chi connectivity index (χ2n) is 5.01. The van der Waals surface area contributed by atoms with Crippen molar-refractivity contribution in [1.29, 1.82) is 0 Å². The van der Waals surface area contributed by atoms with Crippen LogP contribution in [0.4, 0.5) is 13.2 Å². The quantitative estimate of drug-likeness (QED) is 0.642. The Hall–Kier alpha value is -1.11. The second-order valence-corrected chi connectivity index (χ2v) is 5.01. The van der Waals surface area contributed by atoms with Crippen molar-refractivity contribution in [2.24, 2.45) is 5.84 Å². The van der Waals surface area contributed by atoms with Crippen LogP contribution in [-0.2, 0) is 10.9 Å². The molecule has 0 saturated carbocycles. The number of hydrogen-bond acceptors (Lipinski definition) is 3. The van der Waals surface area contributed by atoms with Gasteiger partial charge in [0.2, 0.25) is 0 Å². The molecule has 6 heteroatoms. The van der Waals surface area contributed by atoms with Crippen LogP contribution < -0.4 is 11.3 Å². The van der Waals surface area contributed by atoms with Crippen LogP contribution in [0.25, 0.3) is 0 Å². The zero-order valence-electron chi connectivity index (χ0n) is 11.2. The summed E-state index contributed by atoms with van der Waals surface area (Å²) < 4.78 is 43.3. The number of hydrogen-bond donors (Lipinski definition) is 2. The van der Waals surface area contributed by atoms with E-state index in [-0.39, 0.29) is 0 Å². The van der Waals surface area contributed by atoms with Gasteiger partial charge in [-0.05, 0) is 38.0 Å². The third-order valence-electron chi connectivity index (χ3n) is 3.07. The van der Waals surface area contributed by atoms with E-state index >= 15 is 0 Å². The minimum Gasteiger partial charge on any atom is -0.379 e. The molecule has 19 heavy (non-hydrogen) atoms. The van der Waals surface area contributed by atoms with Gasteiger partial charge in [-0.15, -0.1) is 0 Å². The normalized spacial score (nSPS) is 14.5. The van der Waals surface area contributed by atoms with E-state index in [1.807, 2.05) is 13.8 Å². The highest BCUT2D eigenvalue weighted by atomic mass is 19.4. The fourth-order valence-electron chi connectivity index (χ4n) is 1.78. The summed E-state index contributed by atoms with van der Waals surface area (Å²) in [5.41, 5.74) is 1.87. The topological polar surface area (TPSA) is 47.3 Å². The first-order valence-corrected chi connectivity index (χ1v) is 5.88. The maximum atomic E-state index is 12.7. The molecule has 0 aromatic heterocycles. The minimum atomic E-state index is -4.36. The largest absolute Gasteiger partial charge is 0.416 e. The van der Waals surface area contributed by atoms with Crippen LogP contribution in [0.5, 0.6) is 0 Å². The summed E-state index contributed by atoms with van der Waals surface area (Å²) in [5, 5.41) is 0. The Morgan fingerprint density at radius 2 is 1.95 bits per heavy atom. The molecule has 3 N–H and O–H groups in total. The lowest BCUT2D eigenvalue weighted by atomic mass is 9.93. The van der Waals surface area contributed by atoms with Crippen molar-refractivity contribution in [2.75, 3.05) is 7.11 Å². The third kappa shape index (κ3) is 4.49. The van der Waals surface area contributed by atoms with Crippen molar-refractivity contribution in [3.63, 3.8) is 0 Å². The van der Waals surface area contributed by atoms with E-state index in [1.54, 1.807) is 13.2 Å². The van der Waals surface area contributed by atoms with Crippen molar-refractivity contribution in [3.8, 4) is 0 Å². The van der Waals surface area contributed by atoms with Crippen LogP contribution in [0, 0.1) is 0 Å². The summed E-state index contributed by atoms with van der Waals surface area (Å²) in [6.07, 6.45) is -3.90. The van der Waals surface area contributed by atoms with Gasteiger partial charge in [-0.2, -0.15) is 13.2 Å². The maximum Gasteiger partial charge on any atom is 0.416 e. The number of nitrogens with one attached hydrogen (secondary N) is 1. The predicted molar refractivity (Wildman–Crippen MR) is 67.2 cm³/mol. The van der Waals surface area contributed by atoms with Gasteiger partial charge in [-0.3, -0.25) is 11.3 Å². The van der Waals surface area contributed by atoms with Gasteiger partial charge in [0.15, 0.2) is 0 Å². The highest BCUT2D eigenvalue weighted by Gasteiger charge is 2.31. The number of benzene rings is 1. The molecule has 1 unspecified atom stereocenters. The number of methoxy groups -OCH3 is 1. The molecule has 0 fully saturated rings. The summed E-state index contributed by atoms with van der Waals surface area (Å²) in [5.74, 6) is 5.44. The predicted octanol–water partition coefficient (Wildman–Crippen LogP) is 3.02. The first-order chi connectivity index (χ1) is 8.69. The van der Waals surface area contributed by atoms with Gasteiger partial charge >= 0.3 is 6.18 Å². The standard InChI is InChI=1S/C13H19F3N2O/c1-12(2,19-3)8-11(18-17)9-5-4-6-10(7-9)13(14,15)16/h4-7,11,18H,8,17H2,1-3H3. The van der Waals surface area contributed by atoms with Gasteiger partial charge < -0.3 is 4.74 Å². The van der Waals surface area contributed by atoms with E-state index in [0.717, 1.165) is 12.1 Å². The Morgan fingerprint density at radius 3 is 2.42 bits per heavy atom. The van der Waals surface area contributed by atoms with Crippen molar-refractivity contribution >= 4 is 0 Å². The highest BCUT2D eigenvalue weighted by Crippen LogP contribution is 2.32. The Kier molecular flexibility index (Phi) is 4.95. The number of halogens is 3. The number of hydrazine groups is 1. The molecule has 1 aromatic rings. The smallest absolute Gasteiger partial charge is 0.379 e. The van der Waals surface area contributed by atoms with E-state index in [0.29, 0.717) is 12.0 Å². The molecular weight excluding hydrogens is 257 g/mol. The lowest BCUT2D eigenvalue weighted by Crippen LogP contribution is -2.35. The van der Waals surface area contributed by atoms with Gasteiger partial charge in [0.1, 0.15) is 0 Å². The summed E-state index contributed by atoms with van der Waals surface area (Å²) in [6.45, 7) is 3.70. The minimum absolute atomic E-state index is 0.405. The number of rotatable bonds is 5. The first kappa shape index (κ1) is 15.9. The Morgan fingerprint density at radius 1 is 1.32 bits per heavy atom. The van der Waals surface area contributed by atoms with Crippen LogP contribution in [-0.4, -0.2) is 12.7 Å². The SMILES string of the molecule is COC(C)(C)CC(NN)c1cccc(C(F)(F)F)c1. The Bertz CT molecular complexity index is 419. The van der Waals surface area contributed by atoms with E-state index in [9.17, 15) is 13.2 Å². The third-order valence-corrected chi connectivity index (χ3v) is 3.07. The van der Waals surface area contributed by atoms with Crippen molar-refractivity contribution in [2.45, 2.75) is 38.1 Å². The molecule has 0 aliphatic carbocycles. The molecule has 1 rings (SSSR count). The molecule has 0 spiro atoms. The Balaban J connectivity index is 3.00. The van der Waals surface area contributed by atoms with Gasteiger partial charge in [-0.25, -0.2) is 0 Å². The molecule has 0 aliphatic rings. The maximum absolute atomic E-state index is 12.7. The Labute approximate surface area is 110 Å². The molecule has 0 aliphatic heterocycles. The van der Waals surface area contributed by atoms with E-state index in [2.05, 4.69) is 5.43 Å². The van der Waals surface area contributed by atoms with Crippen molar-refractivity contribution in [3.05, 3.63) is 35.4 Å². The average Bonchev–Trinajstić information content (AvgIpc) is 2.35. The monoisotopic (exact) mass is 276 g/mol. The number of ether oxygens (including phenoxy) is 1. The summed E-state index contributed by atoms with van der Waals surface area (Å²) >= 11 is 0. The van der Waals surface area contributed by atoms with Gasteiger partial charge in [-0.1, -0.05) is 12.1 Å². The van der Waals surface area contributed by atoms with Gasteiger partial charge in [0, 0.05) is 13.2 Å². The zero-order chi connectivity index (χ0) is 14.7. The molecule has 3 nitrogen and oxygen atoms in total. The number of nitrogens with two attached hydrogens (primary N) is 1. The van der Waals surface area contributed by atoms with Crippen LogP contribution in [0.1, 0.15) is 37.4 Å². The second kappa shape index (κ2) is 5.90. The van der Waals surface area contributed by atoms with Crippen molar-refractivity contribution in [1.82, 2.24) is 5.43 Å². The molecule has 1 atom stereocenters. The summed E-state index contributed by atoms with van der Waals surface area (Å²) in [6, 6.07) is 4.74. The fraction of sp³-hybridized carbons (Fsp3) is 0.538. The highest BCUT2D eigenvalue weighted by molar-refractivity contribution is 5.28. The molecule has 0 saturated heterocycles. The zero-order valence-corrected chi connectivity index (χ0v) is 11.2. The molecule has 108 valence electrons. The first-order valence-electron chi connectivity index (χ1n) is 5.88. The van der Waals surface area contributed by atoms with E-state index < -0.39 is 23.4 Å². The number of alkyl halides is 3. The van der Waals surface area contributed by atoms with Gasteiger partial charge in [0.25, 0.3) is 0 Å². The molecule has 0 bridgehead atoms. The average molecular weight is 276 g/mol. The van der Waals surface area contributed by atoms with Gasteiger partial charge in [0.05, 0.1) is 11.2 Å².